The molecule has 0 spiro atoms. The Morgan fingerprint density at radius 1 is 1.29 bits per heavy atom. The van der Waals surface area contributed by atoms with Gasteiger partial charge in [-0.15, -0.1) is 0 Å². The lowest BCUT2D eigenvalue weighted by Gasteiger charge is -2.26. The first-order chi connectivity index (χ1) is 11.7. The summed E-state index contributed by atoms with van der Waals surface area (Å²) in [6.45, 7) is 5.67. The van der Waals surface area contributed by atoms with Gasteiger partial charge in [0.1, 0.15) is 6.33 Å². The van der Waals surface area contributed by atoms with E-state index in [0.717, 1.165) is 39.3 Å². The molecule has 10 nitrogen and oxygen atoms in total. The van der Waals surface area contributed by atoms with Gasteiger partial charge in [-0.05, 0) is 6.42 Å². The Bertz CT molecular complexity index is 524. The van der Waals surface area contributed by atoms with E-state index in [-0.39, 0.29) is 17.3 Å². The standard InChI is InChI=1S/C14H24N6O4/c1-23-8-2-3-15-13-12(20(21)22)14(18-11-17-13)16-4-5-19-6-9-24-10-7-19/h11H,2-10H2,1H3,(H2,15,16,17,18). The van der Waals surface area contributed by atoms with Crippen LogP contribution in [0.15, 0.2) is 6.33 Å². The second-order valence-corrected chi connectivity index (χ2v) is 5.33. The summed E-state index contributed by atoms with van der Waals surface area (Å²) in [5.74, 6) is 0.456. The van der Waals surface area contributed by atoms with Crippen LogP contribution in [0.2, 0.25) is 0 Å². The van der Waals surface area contributed by atoms with E-state index in [1.54, 1.807) is 7.11 Å². The highest BCUT2D eigenvalue weighted by molar-refractivity contribution is 5.69. The van der Waals surface area contributed by atoms with Crippen LogP contribution in [-0.2, 0) is 9.47 Å². The predicted molar refractivity (Wildman–Crippen MR) is 89.4 cm³/mol. The van der Waals surface area contributed by atoms with Gasteiger partial charge in [0.2, 0.25) is 11.6 Å². The summed E-state index contributed by atoms with van der Waals surface area (Å²) in [6, 6.07) is 0. The maximum Gasteiger partial charge on any atom is 0.353 e. The fourth-order valence-electron chi connectivity index (χ4n) is 2.39. The molecule has 0 atom stereocenters. The van der Waals surface area contributed by atoms with Crippen LogP contribution in [0.3, 0.4) is 0 Å². The first-order valence-electron chi connectivity index (χ1n) is 7.98. The minimum Gasteiger partial charge on any atom is -0.385 e. The number of hydrogen-bond acceptors (Lipinski definition) is 9. The van der Waals surface area contributed by atoms with Crippen LogP contribution in [0.25, 0.3) is 0 Å². The molecule has 0 radical (unpaired) electrons. The van der Waals surface area contributed by atoms with Gasteiger partial charge < -0.3 is 20.1 Å². The molecule has 1 aromatic rings. The van der Waals surface area contributed by atoms with Gasteiger partial charge >= 0.3 is 5.69 Å². The molecular formula is C14H24N6O4. The van der Waals surface area contributed by atoms with Crippen LogP contribution in [0, 0.1) is 10.1 Å². The molecule has 1 aromatic heterocycles. The first kappa shape index (κ1) is 18.3. The van der Waals surface area contributed by atoms with E-state index >= 15 is 0 Å². The molecule has 0 aliphatic carbocycles. The number of morpholine rings is 1. The average Bonchev–Trinajstić information content (AvgIpc) is 2.59. The zero-order chi connectivity index (χ0) is 17.2. The minimum atomic E-state index is -0.463. The minimum absolute atomic E-state index is 0.128. The van der Waals surface area contributed by atoms with Gasteiger partial charge in [-0.1, -0.05) is 0 Å². The maximum absolute atomic E-state index is 11.4. The second kappa shape index (κ2) is 9.96. The van der Waals surface area contributed by atoms with Crippen molar-refractivity contribution in [2.45, 2.75) is 6.42 Å². The second-order valence-electron chi connectivity index (χ2n) is 5.33. The third-order valence-electron chi connectivity index (χ3n) is 3.65. The van der Waals surface area contributed by atoms with E-state index in [1.165, 1.54) is 6.33 Å². The van der Waals surface area contributed by atoms with E-state index in [0.29, 0.717) is 19.7 Å². The van der Waals surface area contributed by atoms with Crippen LogP contribution in [0.5, 0.6) is 0 Å². The lowest BCUT2D eigenvalue weighted by molar-refractivity contribution is -0.383. The van der Waals surface area contributed by atoms with Crippen molar-refractivity contribution in [1.82, 2.24) is 14.9 Å². The van der Waals surface area contributed by atoms with Gasteiger partial charge in [0.15, 0.2) is 0 Å². The fraction of sp³-hybridized carbons (Fsp3) is 0.714. The van der Waals surface area contributed by atoms with Crippen molar-refractivity contribution < 1.29 is 14.4 Å². The normalized spacial score (nSPS) is 15.2. The van der Waals surface area contributed by atoms with E-state index in [4.69, 9.17) is 9.47 Å². The molecule has 134 valence electrons. The molecule has 1 aliphatic heterocycles. The zero-order valence-corrected chi connectivity index (χ0v) is 13.9. The van der Waals surface area contributed by atoms with Crippen molar-refractivity contribution in [3.63, 3.8) is 0 Å². The van der Waals surface area contributed by atoms with Gasteiger partial charge in [0, 0.05) is 46.4 Å². The third-order valence-corrected chi connectivity index (χ3v) is 3.65. The molecule has 1 fully saturated rings. The first-order valence-corrected chi connectivity index (χ1v) is 7.98. The molecular weight excluding hydrogens is 316 g/mol. The van der Waals surface area contributed by atoms with Crippen molar-refractivity contribution in [1.29, 1.82) is 0 Å². The number of nitrogens with zero attached hydrogens (tertiary/aromatic N) is 4. The Balaban J connectivity index is 1.93. The molecule has 0 saturated carbocycles. The lowest BCUT2D eigenvalue weighted by atomic mass is 10.3. The Kier molecular flexibility index (Phi) is 7.59. The summed E-state index contributed by atoms with van der Waals surface area (Å²) in [6.07, 6.45) is 2.06. The molecule has 10 heteroatoms. The molecule has 2 N–H and O–H groups in total. The lowest BCUT2D eigenvalue weighted by Crippen LogP contribution is -2.39. The smallest absolute Gasteiger partial charge is 0.353 e. The average molecular weight is 340 g/mol. The monoisotopic (exact) mass is 340 g/mol. The van der Waals surface area contributed by atoms with Crippen molar-refractivity contribution in [2.75, 3.05) is 70.3 Å². The number of anilines is 2. The quantitative estimate of drug-likeness (QED) is 0.358. The van der Waals surface area contributed by atoms with Gasteiger partial charge in [0.05, 0.1) is 18.1 Å². The Labute approximate surface area is 140 Å². The summed E-state index contributed by atoms with van der Waals surface area (Å²) in [5, 5.41) is 17.4. The Morgan fingerprint density at radius 2 is 1.96 bits per heavy atom. The molecule has 24 heavy (non-hydrogen) atoms. The van der Waals surface area contributed by atoms with Crippen molar-refractivity contribution >= 4 is 17.3 Å². The zero-order valence-electron chi connectivity index (χ0n) is 13.9. The molecule has 1 aliphatic rings. The van der Waals surface area contributed by atoms with Crippen molar-refractivity contribution in [3.8, 4) is 0 Å². The number of rotatable bonds is 10. The van der Waals surface area contributed by atoms with E-state index < -0.39 is 4.92 Å². The highest BCUT2D eigenvalue weighted by atomic mass is 16.6. The van der Waals surface area contributed by atoms with Gasteiger partial charge in [-0.2, -0.15) is 0 Å². The SMILES string of the molecule is COCCCNc1ncnc(NCCN2CCOCC2)c1[N+](=O)[O-]. The van der Waals surface area contributed by atoms with Crippen LogP contribution in [0.1, 0.15) is 6.42 Å². The topological polar surface area (TPSA) is 115 Å². The van der Waals surface area contributed by atoms with Gasteiger partial charge in [-0.3, -0.25) is 15.0 Å². The summed E-state index contributed by atoms with van der Waals surface area (Å²) in [7, 11) is 1.61. The van der Waals surface area contributed by atoms with E-state index in [2.05, 4.69) is 25.5 Å². The highest BCUT2D eigenvalue weighted by Crippen LogP contribution is 2.28. The van der Waals surface area contributed by atoms with Crippen LogP contribution in [0.4, 0.5) is 17.3 Å². The largest absolute Gasteiger partial charge is 0.385 e. The van der Waals surface area contributed by atoms with Crippen molar-refractivity contribution in [3.05, 3.63) is 16.4 Å². The molecule has 1 saturated heterocycles. The van der Waals surface area contributed by atoms with Crippen LogP contribution in [-0.4, -0.2) is 79.4 Å². The molecule has 0 amide bonds. The Morgan fingerprint density at radius 3 is 2.58 bits per heavy atom. The van der Waals surface area contributed by atoms with Crippen molar-refractivity contribution in [2.24, 2.45) is 0 Å². The maximum atomic E-state index is 11.4. The molecule has 0 aromatic carbocycles. The molecule has 0 bridgehead atoms. The van der Waals surface area contributed by atoms with E-state index in [1.807, 2.05) is 0 Å². The van der Waals surface area contributed by atoms with Gasteiger partial charge in [0.25, 0.3) is 0 Å². The van der Waals surface area contributed by atoms with Crippen LogP contribution < -0.4 is 10.6 Å². The summed E-state index contributed by atoms with van der Waals surface area (Å²) in [4.78, 5) is 21.2. The number of ether oxygens (including phenoxy) is 2. The highest BCUT2D eigenvalue weighted by Gasteiger charge is 2.22. The number of hydrogen-bond donors (Lipinski definition) is 2. The number of aromatic nitrogens is 2. The third kappa shape index (κ3) is 5.55. The number of nitro groups is 1. The van der Waals surface area contributed by atoms with E-state index in [9.17, 15) is 10.1 Å². The van der Waals surface area contributed by atoms with Gasteiger partial charge in [-0.25, -0.2) is 9.97 Å². The Hall–Kier alpha value is -2.04. The predicted octanol–water partition coefficient (Wildman–Crippen LogP) is 0.577. The summed E-state index contributed by atoms with van der Waals surface area (Å²) >= 11 is 0. The molecule has 0 unspecified atom stereocenters. The number of methoxy groups -OCH3 is 1. The summed E-state index contributed by atoms with van der Waals surface area (Å²) < 4.78 is 10.3. The summed E-state index contributed by atoms with van der Waals surface area (Å²) in [5.41, 5.74) is -0.128. The molecule has 2 heterocycles. The van der Waals surface area contributed by atoms with Crippen LogP contribution >= 0.6 is 0 Å². The number of nitrogens with one attached hydrogen (secondary N) is 2. The molecule has 2 rings (SSSR count). The fourth-order valence-corrected chi connectivity index (χ4v) is 2.39.